The molecule has 1 N–H and O–H groups in total. The molecule has 2 aromatic carbocycles. The molecule has 1 saturated heterocycles. The molecule has 0 saturated carbocycles. The maximum atomic E-state index is 13.4. The van der Waals surface area contributed by atoms with Crippen LogP contribution in [0.3, 0.4) is 0 Å². The molecule has 1 unspecified atom stereocenters. The van der Waals surface area contributed by atoms with Crippen LogP contribution in [-0.4, -0.2) is 44.7 Å². The van der Waals surface area contributed by atoms with Gasteiger partial charge in [-0.2, -0.15) is 0 Å². The predicted octanol–water partition coefficient (Wildman–Crippen LogP) is 3.65. The van der Waals surface area contributed by atoms with Gasteiger partial charge in [0.25, 0.3) is 0 Å². The number of nitrogens with one attached hydrogen (secondary N) is 1. The van der Waals surface area contributed by atoms with Gasteiger partial charge in [0.1, 0.15) is 0 Å². The summed E-state index contributed by atoms with van der Waals surface area (Å²) < 4.78 is 30.3. The average molecular weight is 552 g/mol. The first-order valence-corrected chi connectivity index (χ1v) is 19.7. The Morgan fingerprint density at radius 2 is 1.60 bits per heavy atom. The van der Waals surface area contributed by atoms with Crippen molar-refractivity contribution in [3.05, 3.63) is 78.4 Å². The molecule has 35 heavy (non-hydrogen) atoms. The maximum absolute atomic E-state index is 13.4. The van der Waals surface area contributed by atoms with E-state index in [0.29, 0.717) is 11.7 Å². The van der Waals surface area contributed by atoms with Crippen LogP contribution in [0.4, 0.5) is 5.82 Å². The Morgan fingerprint density at radius 3 is 2.17 bits per heavy atom. The number of carbonyl (C=O) groups is 1. The zero-order valence-electron chi connectivity index (χ0n) is 20.9. The molecule has 0 radical (unpaired) electrons. The summed E-state index contributed by atoms with van der Waals surface area (Å²) in [5.41, 5.74) is 0.0733. The van der Waals surface area contributed by atoms with Crippen LogP contribution in [0.1, 0.15) is 37.6 Å². The molecule has 1 fully saturated rings. The molecule has 1 atom stereocenters. The second-order valence-electron chi connectivity index (χ2n) is 10.5. The van der Waals surface area contributed by atoms with E-state index in [0.717, 1.165) is 17.5 Å². The van der Waals surface area contributed by atoms with Crippen LogP contribution in [0.5, 0.6) is 0 Å². The van der Waals surface area contributed by atoms with Crippen LogP contribution < -0.4 is 18.5 Å². The van der Waals surface area contributed by atoms with Gasteiger partial charge in [0.2, 0.25) is 0 Å². The molecule has 3 aromatic rings. The van der Waals surface area contributed by atoms with Crippen molar-refractivity contribution in [2.24, 2.45) is 5.92 Å². The summed E-state index contributed by atoms with van der Waals surface area (Å²) in [6.07, 6.45) is 0.964. The van der Waals surface area contributed by atoms with Gasteiger partial charge in [-0.25, -0.2) is 0 Å². The van der Waals surface area contributed by atoms with E-state index in [-0.39, 0.29) is 16.0 Å². The first-order chi connectivity index (χ1) is 16.4. The Hall–Kier alpha value is -2.65. The summed E-state index contributed by atoms with van der Waals surface area (Å²) in [6, 6.07) is 22.0. The van der Waals surface area contributed by atoms with Crippen molar-refractivity contribution in [3.63, 3.8) is 0 Å². The van der Waals surface area contributed by atoms with Crippen LogP contribution in [0, 0.1) is 5.92 Å². The van der Waals surface area contributed by atoms with Gasteiger partial charge in [0.15, 0.2) is 0 Å². The van der Waals surface area contributed by atoms with Gasteiger partial charge in [-0.05, 0) is 0 Å². The first-order valence-electron chi connectivity index (χ1n) is 11.9. The van der Waals surface area contributed by atoms with Crippen LogP contribution in [0.25, 0.3) is 0 Å². The van der Waals surface area contributed by atoms with Gasteiger partial charge >= 0.3 is 212 Å². The summed E-state index contributed by atoms with van der Waals surface area (Å²) in [6.45, 7) is 7.25. The molecular formula is C27H33GeN3O3S. The third kappa shape index (κ3) is 5.16. The molecule has 8 heteroatoms. The third-order valence-corrected chi connectivity index (χ3v) is 15.2. The van der Waals surface area contributed by atoms with Gasteiger partial charge in [-0.1, -0.05) is 0 Å². The van der Waals surface area contributed by atoms with E-state index < -0.39 is 29.2 Å². The Labute approximate surface area is 211 Å². The number of hydrogen-bond donors (Lipinski definition) is 1. The number of benzene rings is 2. The number of hydrogen-bond acceptors (Lipinski definition) is 5. The zero-order chi connectivity index (χ0) is 25.4. The first kappa shape index (κ1) is 25.4. The van der Waals surface area contributed by atoms with Crippen molar-refractivity contribution >= 4 is 43.9 Å². The standard InChI is InChI=1S/C27H33GeN3O3S/c1-20-18-27(2,3)31(19-20)25-23(26(32)30-35(33,34)22-14-10-7-11-15-22)16-17-24(29-25)28(4,5)21-12-8-6-9-13-21/h6-17,20H,18-19H2,1-5H3,(H,30,32). The molecule has 184 valence electrons. The van der Waals surface area contributed by atoms with Gasteiger partial charge < -0.3 is 0 Å². The monoisotopic (exact) mass is 553 g/mol. The van der Waals surface area contributed by atoms with Crippen molar-refractivity contribution in [1.82, 2.24) is 9.71 Å². The zero-order valence-corrected chi connectivity index (χ0v) is 23.9. The van der Waals surface area contributed by atoms with Crippen molar-refractivity contribution in [1.29, 1.82) is 0 Å². The van der Waals surface area contributed by atoms with E-state index in [1.54, 1.807) is 24.3 Å². The number of carbonyl (C=O) groups excluding carboxylic acids is 1. The van der Waals surface area contributed by atoms with E-state index in [1.807, 2.05) is 24.3 Å². The second kappa shape index (κ2) is 9.43. The summed E-state index contributed by atoms with van der Waals surface area (Å²) in [5.74, 6) is 4.91. The normalized spacial score (nSPS) is 17.9. The minimum atomic E-state index is -4.00. The van der Waals surface area contributed by atoms with Gasteiger partial charge in [0, 0.05) is 0 Å². The summed E-state index contributed by atoms with van der Waals surface area (Å²) in [4.78, 5) is 20.7. The Balaban J connectivity index is 1.79. The van der Waals surface area contributed by atoms with Crippen molar-refractivity contribution < 1.29 is 13.2 Å². The molecule has 2 heterocycles. The second-order valence-corrected chi connectivity index (χ2v) is 21.3. The number of rotatable bonds is 6. The van der Waals surface area contributed by atoms with Crippen LogP contribution in [-0.2, 0) is 10.0 Å². The number of pyridine rings is 1. The molecule has 4 rings (SSSR count). The number of aromatic nitrogens is 1. The van der Waals surface area contributed by atoms with E-state index >= 15 is 0 Å². The van der Waals surface area contributed by atoms with E-state index in [4.69, 9.17) is 4.98 Å². The summed E-state index contributed by atoms with van der Waals surface area (Å²) >= 11 is -2.76. The van der Waals surface area contributed by atoms with Crippen molar-refractivity contribution in [2.75, 3.05) is 11.4 Å². The molecule has 1 aromatic heterocycles. The topological polar surface area (TPSA) is 79.4 Å². The van der Waals surface area contributed by atoms with E-state index in [2.05, 4.69) is 54.0 Å². The van der Waals surface area contributed by atoms with Crippen LogP contribution in [0.2, 0.25) is 11.5 Å². The number of nitrogens with zero attached hydrogens (tertiary/aromatic N) is 2. The molecule has 1 aliphatic heterocycles. The fourth-order valence-corrected chi connectivity index (χ4v) is 10.6. The molecule has 1 aliphatic rings. The molecule has 6 nitrogen and oxygen atoms in total. The van der Waals surface area contributed by atoms with Crippen LogP contribution >= 0.6 is 0 Å². The number of anilines is 1. The quantitative estimate of drug-likeness (QED) is 0.473. The SMILES string of the molecule is CC1CN(c2n[c]([Ge]([CH3])([CH3])[c]3ccccc3)ccc2C(=O)NS(=O)(=O)c2ccccc2)C(C)(C)C1. The Bertz CT molecular complexity index is 1330. The fourth-order valence-electron chi connectivity index (χ4n) is 4.98. The van der Waals surface area contributed by atoms with Crippen molar-refractivity contribution in [2.45, 2.75) is 49.1 Å². The number of sulfonamides is 1. The van der Waals surface area contributed by atoms with Gasteiger partial charge in [0.05, 0.1) is 0 Å². The van der Waals surface area contributed by atoms with E-state index in [9.17, 15) is 13.2 Å². The van der Waals surface area contributed by atoms with Crippen molar-refractivity contribution in [3.8, 4) is 0 Å². The molecule has 1 amide bonds. The third-order valence-electron chi connectivity index (χ3n) is 6.86. The summed E-state index contributed by atoms with van der Waals surface area (Å²) in [5, 5.41) is 0. The average Bonchev–Trinajstić information content (AvgIpc) is 3.11. The summed E-state index contributed by atoms with van der Waals surface area (Å²) in [7, 11) is -4.00. The molecule has 0 aliphatic carbocycles. The Kier molecular flexibility index (Phi) is 6.85. The Morgan fingerprint density at radius 1 is 1.00 bits per heavy atom. The fraction of sp³-hybridized carbons (Fsp3) is 0.333. The van der Waals surface area contributed by atoms with Crippen LogP contribution in [0.15, 0.2) is 77.7 Å². The predicted molar refractivity (Wildman–Crippen MR) is 144 cm³/mol. The van der Waals surface area contributed by atoms with Gasteiger partial charge in [-0.15, -0.1) is 0 Å². The van der Waals surface area contributed by atoms with Gasteiger partial charge in [-0.3, -0.25) is 0 Å². The molecule has 0 bridgehead atoms. The minimum absolute atomic E-state index is 0.0508. The van der Waals surface area contributed by atoms with E-state index in [1.165, 1.54) is 16.5 Å². The molecular weight excluding hydrogens is 519 g/mol. The molecule has 0 spiro atoms. The number of amides is 1.